The van der Waals surface area contributed by atoms with E-state index in [0.29, 0.717) is 25.7 Å². The molecule has 17 nitrogen and oxygen atoms in total. The highest BCUT2D eigenvalue weighted by molar-refractivity contribution is 7.47. The van der Waals surface area contributed by atoms with E-state index in [1.165, 1.54) is 186 Å². The van der Waals surface area contributed by atoms with Crippen LogP contribution in [0.5, 0.6) is 0 Å². The molecule has 0 rings (SSSR count). The number of rotatable bonds is 71. The summed E-state index contributed by atoms with van der Waals surface area (Å²) in [5.41, 5.74) is 0. The standard InChI is InChI=1S/C72H140O17P2/c1-7-10-12-14-16-18-20-22-24-26-28-36-42-48-54-69(74)82-60-67(88-71(76)56-50-44-38-29-27-25-23-21-19-17-15-13-11-8-2)62-86-90(78,79)84-58-66(73)59-85-91(80,81)87-63-68(61-83-70(75)55-49-43-37-32-30-34-40-46-52-64(4)5)89-72(77)57-51-45-39-33-31-35-41-47-53-65(6)9-3/h64-68,73H,7-63H2,1-6H3,(H,78,79)(H,80,81)/t65?,66-,67-,68-/m1/s1. The third-order valence-corrected chi connectivity index (χ3v) is 19.0. The van der Waals surface area contributed by atoms with Crippen LogP contribution in [0, 0.1) is 11.8 Å². The molecule has 3 N–H and O–H groups in total. The van der Waals surface area contributed by atoms with Crippen molar-refractivity contribution in [3.8, 4) is 0 Å². The number of carbonyl (C=O) groups excluding carboxylic acids is 4. The Morgan fingerprint density at radius 1 is 0.319 bits per heavy atom. The maximum Gasteiger partial charge on any atom is 0.472 e. The number of aliphatic hydroxyl groups is 1. The minimum Gasteiger partial charge on any atom is -0.462 e. The molecule has 0 aromatic carbocycles. The van der Waals surface area contributed by atoms with Crippen molar-refractivity contribution in [3.63, 3.8) is 0 Å². The van der Waals surface area contributed by atoms with E-state index in [9.17, 15) is 43.2 Å². The first kappa shape index (κ1) is 89.1. The predicted octanol–water partition coefficient (Wildman–Crippen LogP) is 20.8. The lowest BCUT2D eigenvalue weighted by Gasteiger charge is -2.21. The zero-order valence-electron chi connectivity index (χ0n) is 59.1. The highest BCUT2D eigenvalue weighted by Gasteiger charge is 2.30. The van der Waals surface area contributed by atoms with E-state index in [4.69, 9.17) is 37.0 Å². The van der Waals surface area contributed by atoms with Gasteiger partial charge >= 0.3 is 39.5 Å². The van der Waals surface area contributed by atoms with Crippen molar-refractivity contribution in [2.24, 2.45) is 11.8 Å². The van der Waals surface area contributed by atoms with Gasteiger partial charge in [-0.15, -0.1) is 0 Å². The molecule has 0 spiro atoms. The number of phosphoric ester groups is 2. The van der Waals surface area contributed by atoms with Gasteiger partial charge in [0.15, 0.2) is 12.2 Å². The topological polar surface area (TPSA) is 237 Å². The number of hydrogen-bond donors (Lipinski definition) is 3. The lowest BCUT2D eigenvalue weighted by molar-refractivity contribution is -0.161. The van der Waals surface area contributed by atoms with Crippen LogP contribution in [0.3, 0.4) is 0 Å². The summed E-state index contributed by atoms with van der Waals surface area (Å²) in [6.07, 6.45) is 49.8. The molecule has 0 saturated heterocycles. The van der Waals surface area contributed by atoms with Crippen molar-refractivity contribution in [1.29, 1.82) is 0 Å². The Labute approximate surface area is 556 Å². The molecule has 6 atom stereocenters. The summed E-state index contributed by atoms with van der Waals surface area (Å²) in [6, 6.07) is 0. The minimum absolute atomic E-state index is 0.105. The molecular weight excluding hydrogens is 1200 g/mol. The lowest BCUT2D eigenvalue weighted by Crippen LogP contribution is -2.30. The van der Waals surface area contributed by atoms with Gasteiger partial charge in [0.1, 0.15) is 19.3 Å². The molecule has 0 aliphatic rings. The Balaban J connectivity index is 5.26. The van der Waals surface area contributed by atoms with Gasteiger partial charge in [0.05, 0.1) is 26.4 Å². The van der Waals surface area contributed by atoms with E-state index >= 15 is 0 Å². The van der Waals surface area contributed by atoms with Crippen LogP contribution in [0.4, 0.5) is 0 Å². The van der Waals surface area contributed by atoms with Crippen molar-refractivity contribution >= 4 is 39.5 Å². The smallest absolute Gasteiger partial charge is 0.462 e. The highest BCUT2D eigenvalue weighted by atomic mass is 31.2. The van der Waals surface area contributed by atoms with Crippen LogP contribution in [0.2, 0.25) is 0 Å². The molecule has 0 saturated carbocycles. The molecule has 0 aliphatic heterocycles. The number of carbonyl (C=O) groups is 4. The van der Waals surface area contributed by atoms with Gasteiger partial charge < -0.3 is 33.8 Å². The van der Waals surface area contributed by atoms with Crippen molar-refractivity contribution in [2.45, 2.75) is 387 Å². The SMILES string of the molecule is CCCCCCCCCCCCCCCCC(=O)OC[C@H](COP(=O)(O)OC[C@@H](O)COP(=O)(O)OC[C@@H](COC(=O)CCCCCCCCCCC(C)C)OC(=O)CCCCCCCCCCC(C)CC)OC(=O)CCCCCCCCCCCCCCCC. The Morgan fingerprint density at radius 3 is 0.835 bits per heavy atom. The number of ether oxygens (including phenoxy) is 4. The molecule has 91 heavy (non-hydrogen) atoms. The van der Waals surface area contributed by atoms with Gasteiger partial charge in [-0.3, -0.25) is 37.3 Å². The van der Waals surface area contributed by atoms with Crippen molar-refractivity contribution in [2.75, 3.05) is 39.6 Å². The largest absolute Gasteiger partial charge is 0.472 e. The van der Waals surface area contributed by atoms with Crippen LogP contribution in [0.25, 0.3) is 0 Å². The fourth-order valence-corrected chi connectivity index (χ4v) is 12.5. The maximum atomic E-state index is 13.0. The quantitative estimate of drug-likeness (QED) is 0.0222. The number of aliphatic hydroxyl groups excluding tert-OH is 1. The van der Waals surface area contributed by atoms with Gasteiger partial charge in [0.25, 0.3) is 0 Å². The van der Waals surface area contributed by atoms with Crippen molar-refractivity contribution in [1.82, 2.24) is 0 Å². The van der Waals surface area contributed by atoms with Crippen molar-refractivity contribution < 1.29 is 80.2 Å². The van der Waals surface area contributed by atoms with E-state index < -0.39 is 97.5 Å². The molecule has 540 valence electrons. The van der Waals surface area contributed by atoms with Crippen LogP contribution in [-0.2, 0) is 65.4 Å². The molecule has 3 unspecified atom stereocenters. The van der Waals surface area contributed by atoms with E-state index in [1.807, 2.05) is 0 Å². The summed E-state index contributed by atoms with van der Waals surface area (Å²) >= 11 is 0. The second kappa shape index (κ2) is 64.1. The van der Waals surface area contributed by atoms with Gasteiger partial charge in [-0.1, -0.05) is 318 Å². The average molecular weight is 1340 g/mol. The average Bonchev–Trinajstić information content (AvgIpc) is 3.72. The second-order valence-corrected chi connectivity index (χ2v) is 29.6. The minimum atomic E-state index is -4.95. The van der Waals surface area contributed by atoms with Crippen LogP contribution in [-0.4, -0.2) is 96.7 Å². The normalized spacial score (nSPS) is 14.4. The summed E-state index contributed by atoms with van der Waals surface area (Å²) in [7, 11) is -9.90. The number of phosphoric acid groups is 2. The van der Waals surface area contributed by atoms with E-state index in [0.717, 1.165) is 102 Å². The fourth-order valence-electron chi connectivity index (χ4n) is 10.9. The molecule has 0 radical (unpaired) electrons. The van der Waals surface area contributed by atoms with Gasteiger partial charge in [-0.25, -0.2) is 9.13 Å². The zero-order chi connectivity index (χ0) is 67.2. The number of unbranched alkanes of at least 4 members (excludes halogenated alkanes) is 40. The molecule has 0 heterocycles. The summed E-state index contributed by atoms with van der Waals surface area (Å²) in [4.78, 5) is 72.7. The first-order valence-corrected chi connectivity index (χ1v) is 40.5. The Hall–Kier alpha value is -1.94. The third-order valence-electron chi connectivity index (χ3n) is 17.1. The number of hydrogen-bond acceptors (Lipinski definition) is 15. The summed E-state index contributed by atoms with van der Waals surface area (Å²) in [5.74, 6) is -0.625. The summed E-state index contributed by atoms with van der Waals surface area (Å²) < 4.78 is 68.4. The summed E-state index contributed by atoms with van der Waals surface area (Å²) in [5, 5.41) is 10.6. The van der Waals surface area contributed by atoms with Crippen LogP contribution in [0.1, 0.15) is 369 Å². The highest BCUT2D eigenvalue weighted by Crippen LogP contribution is 2.45. The van der Waals surface area contributed by atoms with Crippen LogP contribution in [0.15, 0.2) is 0 Å². The Kier molecular flexibility index (Phi) is 62.7. The van der Waals surface area contributed by atoms with Gasteiger partial charge in [-0.05, 0) is 37.5 Å². The second-order valence-electron chi connectivity index (χ2n) is 26.7. The van der Waals surface area contributed by atoms with Gasteiger partial charge in [0.2, 0.25) is 0 Å². The van der Waals surface area contributed by atoms with E-state index in [1.54, 1.807) is 0 Å². The monoisotopic (exact) mass is 1340 g/mol. The number of esters is 4. The molecule has 0 fully saturated rings. The first-order chi connectivity index (χ1) is 43.9. The Morgan fingerprint density at radius 2 is 0.560 bits per heavy atom. The molecular formula is C72H140O17P2. The zero-order valence-corrected chi connectivity index (χ0v) is 60.9. The fraction of sp³-hybridized carbons (Fsp3) is 0.944. The Bertz CT molecular complexity index is 1770. The molecule has 0 aliphatic carbocycles. The molecule has 0 bridgehead atoms. The maximum absolute atomic E-state index is 13.0. The van der Waals surface area contributed by atoms with Crippen molar-refractivity contribution in [3.05, 3.63) is 0 Å². The van der Waals surface area contributed by atoms with E-state index in [-0.39, 0.29) is 25.7 Å². The molecule has 0 aromatic heterocycles. The molecule has 0 aromatic rings. The third kappa shape index (κ3) is 65.1. The van der Waals surface area contributed by atoms with E-state index in [2.05, 4.69) is 41.5 Å². The van der Waals surface area contributed by atoms with Gasteiger partial charge in [-0.2, -0.15) is 0 Å². The molecule has 0 amide bonds. The summed E-state index contributed by atoms with van der Waals surface area (Å²) in [6.45, 7) is 9.53. The van der Waals surface area contributed by atoms with Gasteiger partial charge in [0, 0.05) is 25.7 Å². The predicted molar refractivity (Wildman–Crippen MR) is 368 cm³/mol. The van der Waals surface area contributed by atoms with Crippen LogP contribution < -0.4 is 0 Å². The lowest BCUT2D eigenvalue weighted by atomic mass is 9.99. The first-order valence-electron chi connectivity index (χ1n) is 37.5. The van der Waals surface area contributed by atoms with Crippen LogP contribution >= 0.6 is 15.6 Å². The molecule has 19 heteroatoms.